The minimum Gasteiger partial charge on any atom is -0.487 e. The number of carboxylic acids is 1. The van der Waals surface area contributed by atoms with Crippen LogP contribution in [0, 0.1) is 5.82 Å². The highest BCUT2D eigenvalue weighted by atomic mass is 35.5. The zero-order chi connectivity index (χ0) is 27.8. The molecule has 3 heterocycles. The molecule has 0 amide bonds. The van der Waals surface area contributed by atoms with Crippen LogP contribution in [-0.4, -0.2) is 51.3 Å². The quantitative estimate of drug-likeness (QED) is 0.245. The second-order valence-corrected chi connectivity index (χ2v) is 10.8. The Bertz CT molecular complexity index is 1630. The van der Waals surface area contributed by atoms with E-state index < -0.39 is 5.97 Å². The van der Waals surface area contributed by atoms with Crippen LogP contribution in [0.4, 0.5) is 4.39 Å². The van der Waals surface area contributed by atoms with Crippen molar-refractivity contribution in [2.75, 3.05) is 19.7 Å². The number of carboxylic acid groups (broad SMARTS) is 1. The fourth-order valence-corrected chi connectivity index (χ4v) is 5.50. The molecule has 4 aromatic rings. The largest absolute Gasteiger partial charge is 0.487 e. The summed E-state index contributed by atoms with van der Waals surface area (Å²) < 4.78 is 28.1. The number of ether oxygens (including phenoxy) is 2. The molecular formula is C30H26Cl2FN3O4. The molecule has 0 saturated carbocycles. The van der Waals surface area contributed by atoms with E-state index >= 15 is 0 Å². The number of benzene rings is 3. The number of fused-ring (bicyclic) bond motifs is 1. The molecule has 0 radical (unpaired) electrons. The SMILES string of the molecule is O=C(O)c1ccc2nc(CN3CC=C(c4ccc(F)c(COc5ccc(Cl)cc5Cl)c4)C3)n(C[C@@H]3CCO3)c2c1. The molecule has 0 bridgehead atoms. The molecule has 0 spiro atoms. The first kappa shape index (κ1) is 26.8. The first-order chi connectivity index (χ1) is 19.3. The molecule has 3 aromatic carbocycles. The Morgan fingerprint density at radius 1 is 1.15 bits per heavy atom. The Morgan fingerprint density at radius 3 is 2.75 bits per heavy atom. The van der Waals surface area contributed by atoms with Crippen molar-refractivity contribution in [3.8, 4) is 5.75 Å². The maximum atomic E-state index is 14.6. The van der Waals surface area contributed by atoms with Crippen molar-refractivity contribution in [1.29, 1.82) is 0 Å². The van der Waals surface area contributed by atoms with Crippen LogP contribution in [0.3, 0.4) is 0 Å². The highest BCUT2D eigenvalue weighted by molar-refractivity contribution is 6.35. The van der Waals surface area contributed by atoms with E-state index in [9.17, 15) is 14.3 Å². The third-order valence-electron chi connectivity index (χ3n) is 7.30. The van der Waals surface area contributed by atoms with Crippen LogP contribution in [0.25, 0.3) is 16.6 Å². The molecule has 206 valence electrons. The second-order valence-electron chi connectivity index (χ2n) is 10.00. The van der Waals surface area contributed by atoms with Crippen LogP contribution in [0.2, 0.25) is 10.0 Å². The van der Waals surface area contributed by atoms with Crippen LogP contribution in [-0.2, 0) is 24.4 Å². The lowest BCUT2D eigenvalue weighted by Gasteiger charge is -2.28. The smallest absolute Gasteiger partial charge is 0.335 e. The van der Waals surface area contributed by atoms with Crippen molar-refractivity contribution in [3.05, 3.63) is 99.1 Å². The van der Waals surface area contributed by atoms with Crippen LogP contribution >= 0.6 is 23.2 Å². The lowest BCUT2D eigenvalue weighted by atomic mass is 10.0. The Kier molecular flexibility index (Phi) is 7.51. The first-order valence-electron chi connectivity index (χ1n) is 13.0. The highest BCUT2D eigenvalue weighted by Gasteiger charge is 2.25. The van der Waals surface area contributed by atoms with Crippen molar-refractivity contribution in [2.45, 2.75) is 32.2 Å². The van der Waals surface area contributed by atoms with Gasteiger partial charge in [-0.3, -0.25) is 4.90 Å². The van der Waals surface area contributed by atoms with E-state index in [2.05, 4.69) is 15.5 Å². The van der Waals surface area contributed by atoms with E-state index in [1.165, 1.54) is 6.07 Å². The molecule has 0 aliphatic carbocycles. The van der Waals surface area contributed by atoms with Crippen molar-refractivity contribution < 1.29 is 23.8 Å². The molecular weight excluding hydrogens is 556 g/mol. The minimum absolute atomic E-state index is 0.0314. The summed E-state index contributed by atoms with van der Waals surface area (Å²) in [5.41, 5.74) is 4.22. The van der Waals surface area contributed by atoms with E-state index in [-0.39, 0.29) is 24.1 Å². The molecule has 1 fully saturated rings. The van der Waals surface area contributed by atoms with Gasteiger partial charge in [0.05, 0.1) is 40.8 Å². The summed E-state index contributed by atoms with van der Waals surface area (Å²) in [5.74, 6) is -0.0229. The maximum Gasteiger partial charge on any atom is 0.335 e. The number of nitrogens with zero attached hydrogens (tertiary/aromatic N) is 3. The highest BCUT2D eigenvalue weighted by Crippen LogP contribution is 2.30. The summed E-state index contributed by atoms with van der Waals surface area (Å²) in [7, 11) is 0. The monoisotopic (exact) mass is 581 g/mol. The summed E-state index contributed by atoms with van der Waals surface area (Å²) in [6.45, 7) is 3.35. The summed E-state index contributed by atoms with van der Waals surface area (Å²) in [5, 5.41) is 10.4. The van der Waals surface area contributed by atoms with Crippen molar-refractivity contribution in [2.24, 2.45) is 0 Å². The van der Waals surface area contributed by atoms with Gasteiger partial charge in [0.2, 0.25) is 0 Å². The van der Waals surface area contributed by atoms with Crippen molar-refractivity contribution in [3.63, 3.8) is 0 Å². The molecule has 1 atom stereocenters. The van der Waals surface area contributed by atoms with Gasteiger partial charge in [0.15, 0.2) is 0 Å². The number of hydrogen-bond donors (Lipinski definition) is 1. The van der Waals surface area contributed by atoms with E-state index in [0.29, 0.717) is 47.5 Å². The van der Waals surface area contributed by atoms with E-state index in [0.717, 1.165) is 41.0 Å². The van der Waals surface area contributed by atoms with Gasteiger partial charge in [-0.2, -0.15) is 0 Å². The number of carbonyl (C=O) groups is 1. The van der Waals surface area contributed by atoms with Crippen LogP contribution < -0.4 is 4.74 Å². The molecule has 1 aromatic heterocycles. The summed E-state index contributed by atoms with van der Waals surface area (Å²) in [6, 6.07) is 15.0. The van der Waals surface area contributed by atoms with E-state index in [1.54, 1.807) is 42.5 Å². The van der Waals surface area contributed by atoms with Gasteiger partial charge in [0.25, 0.3) is 0 Å². The maximum absolute atomic E-state index is 14.6. The van der Waals surface area contributed by atoms with Gasteiger partial charge >= 0.3 is 5.97 Å². The standard InChI is InChI=1S/C30H26Cl2FN3O4/c31-22-3-6-28(24(32)13-22)40-17-21-11-18(1-4-25(21)33)20-7-9-35(14-20)16-29-34-26-5-2-19(30(37)38)12-27(26)36(29)15-23-8-10-39-23/h1-7,11-13,23H,8-10,14-17H2,(H,37,38)/t23-/m0/s1. The van der Waals surface area contributed by atoms with Crippen molar-refractivity contribution >= 4 is 45.8 Å². The number of rotatable bonds is 9. The average Bonchev–Trinajstić information content (AvgIpc) is 3.50. The summed E-state index contributed by atoms with van der Waals surface area (Å²) in [4.78, 5) is 18.7. The summed E-state index contributed by atoms with van der Waals surface area (Å²) >= 11 is 12.1. The molecule has 2 aliphatic heterocycles. The van der Waals surface area contributed by atoms with Crippen LogP contribution in [0.5, 0.6) is 5.75 Å². The van der Waals surface area contributed by atoms with Gasteiger partial charge in [-0.15, -0.1) is 0 Å². The predicted molar refractivity (Wildman–Crippen MR) is 151 cm³/mol. The van der Waals surface area contributed by atoms with Gasteiger partial charge in [-0.05, 0) is 66.1 Å². The van der Waals surface area contributed by atoms with Gasteiger partial charge in [-0.1, -0.05) is 35.3 Å². The lowest BCUT2D eigenvalue weighted by Crippen LogP contribution is -2.32. The van der Waals surface area contributed by atoms with Crippen LogP contribution in [0.15, 0.2) is 60.7 Å². The average molecular weight is 582 g/mol. The third-order valence-corrected chi connectivity index (χ3v) is 7.83. The first-order valence-corrected chi connectivity index (χ1v) is 13.7. The van der Waals surface area contributed by atoms with Gasteiger partial charge in [-0.25, -0.2) is 14.2 Å². The molecule has 1 N–H and O–H groups in total. The molecule has 2 aliphatic rings. The zero-order valence-corrected chi connectivity index (χ0v) is 23.0. The predicted octanol–water partition coefficient (Wildman–Crippen LogP) is 6.45. The molecule has 10 heteroatoms. The number of halogens is 3. The van der Waals surface area contributed by atoms with E-state index in [4.69, 9.17) is 37.7 Å². The van der Waals surface area contributed by atoms with Gasteiger partial charge in [0, 0.05) is 30.3 Å². The Morgan fingerprint density at radius 2 is 2.00 bits per heavy atom. The Balaban J connectivity index is 1.17. The fraction of sp³-hybridized carbons (Fsp3) is 0.267. The number of hydrogen-bond acceptors (Lipinski definition) is 5. The topological polar surface area (TPSA) is 76.8 Å². The van der Waals surface area contributed by atoms with Gasteiger partial charge < -0.3 is 19.1 Å². The molecule has 0 unspecified atom stereocenters. The number of aromatic carboxylic acids is 1. The van der Waals surface area contributed by atoms with Gasteiger partial charge in [0.1, 0.15) is 24.0 Å². The zero-order valence-electron chi connectivity index (χ0n) is 21.4. The molecule has 7 nitrogen and oxygen atoms in total. The molecule has 1 saturated heterocycles. The molecule has 6 rings (SSSR count). The summed E-state index contributed by atoms with van der Waals surface area (Å²) in [6.07, 6.45) is 3.20. The normalized spacial score (nSPS) is 17.2. The van der Waals surface area contributed by atoms with E-state index in [1.807, 2.05) is 6.07 Å². The fourth-order valence-electron chi connectivity index (χ4n) is 5.03. The number of aromatic nitrogens is 2. The van der Waals surface area contributed by atoms with Crippen LogP contribution in [0.1, 0.15) is 33.7 Å². The Labute approximate surface area is 240 Å². The minimum atomic E-state index is -0.968. The number of imidazole rings is 1. The second kappa shape index (κ2) is 11.2. The van der Waals surface area contributed by atoms with Crippen molar-refractivity contribution in [1.82, 2.24) is 14.5 Å². The lowest BCUT2D eigenvalue weighted by molar-refractivity contribution is -0.0591. The third kappa shape index (κ3) is 5.58. The molecule has 40 heavy (non-hydrogen) atoms. The Hall–Kier alpha value is -3.43.